The lowest BCUT2D eigenvalue weighted by molar-refractivity contribution is -0.135. The second-order valence-corrected chi connectivity index (χ2v) is 11.5. The maximum absolute atomic E-state index is 13.5. The Kier molecular flexibility index (Phi) is 7.15. The minimum absolute atomic E-state index is 0.0493. The minimum atomic E-state index is -3.61. The lowest BCUT2D eigenvalue weighted by atomic mass is 9.96. The van der Waals surface area contributed by atoms with Gasteiger partial charge < -0.3 is 4.90 Å². The predicted molar refractivity (Wildman–Crippen MR) is 137 cm³/mol. The number of nitrogens with zero attached hydrogens (tertiary/aromatic N) is 4. The maximum Gasteiger partial charge on any atom is 0.243 e. The number of benzene rings is 2. The lowest BCUT2D eigenvalue weighted by Crippen LogP contribution is -2.43. The molecule has 186 valence electrons. The molecule has 0 atom stereocenters. The molecule has 1 amide bonds. The Morgan fingerprint density at radius 2 is 1.63 bits per heavy atom. The molecule has 1 aliphatic rings. The van der Waals surface area contributed by atoms with E-state index in [1.165, 1.54) is 0 Å². The molecule has 7 nitrogen and oxygen atoms in total. The van der Waals surface area contributed by atoms with Crippen molar-refractivity contribution in [2.24, 2.45) is 5.92 Å². The number of hydrogen-bond acceptors (Lipinski definition) is 4. The first-order valence-corrected chi connectivity index (χ1v) is 13.4. The summed E-state index contributed by atoms with van der Waals surface area (Å²) in [6, 6.07) is 11.9. The van der Waals surface area contributed by atoms with Crippen LogP contribution in [0.1, 0.15) is 40.7 Å². The standard InChI is InChI=1S/C27H34N4O3S/c1-19-15-20(2)22(4)26(21(19)3)35(33,34)30-13-11-24(12-14-30)27(32)29(5)17-23-16-28-31(18-23)25-9-7-6-8-10-25/h6-10,15-16,18,24H,11-14,17H2,1-5H3. The van der Waals surface area contributed by atoms with Crippen LogP contribution in [-0.4, -0.2) is 53.4 Å². The zero-order valence-corrected chi connectivity index (χ0v) is 22.0. The molecule has 0 aliphatic carbocycles. The highest BCUT2D eigenvalue weighted by molar-refractivity contribution is 7.89. The average Bonchev–Trinajstić information content (AvgIpc) is 3.31. The van der Waals surface area contributed by atoms with Gasteiger partial charge in [-0.1, -0.05) is 24.3 Å². The Labute approximate surface area is 208 Å². The molecule has 0 radical (unpaired) electrons. The normalized spacial score (nSPS) is 15.3. The molecule has 1 aromatic heterocycles. The lowest BCUT2D eigenvalue weighted by Gasteiger charge is -2.33. The van der Waals surface area contributed by atoms with Gasteiger partial charge in [-0.25, -0.2) is 13.1 Å². The van der Waals surface area contributed by atoms with E-state index in [4.69, 9.17) is 0 Å². The number of hydrogen-bond donors (Lipinski definition) is 0. The molecule has 0 unspecified atom stereocenters. The number of carbonyl (C=O) groups excluding carboxylic acids is 1. The topological polar surface area (TPSA) is 75.5 Å². The number of aryl methyl sites for hydroxylation is 2. The van der Waals surface area contributed by atoms with E-state index in [-0.39, 0.29) is 11.8 Å². The smallest absolute Gasteiger partial charge is 0.243 e. The van der Waals surface area contributed by atoms with E-state index in [1.807, 2.05) is 70.3 Å². The van der Waals surface area contributed by atoms with Crippen LogP contribution >= 0.6 is 0 Å². The second kappa shape index (κ2) is 9.95. The van der Waals surface area contributed by atoms with E-state index in [2.05, 4.69) is 5.10 Å². The van der Waals surface area contributed by atoms with Gasteiger partial charge in [0.25, 0.3) is 0 Å². The Bertz CT molecular complexity index is 1300. The molecule has 0 spiro atoms. The summed E-state index contributed by atoms with van der Waals surface area (Å²) < 4.78 is 30.4. The van der Waals surface area contributed by atoms with Gasteiger partial charge in [-0.05, 0) is 74.9 Å². The Balaban J connectivity index is 1.40. The monoisotopic (exact) mass is 494 g/mol. The van der Waals surface area contributed by atoms with Crippen molar-refractivity contribution in [2.75, 3.05) is 20.1 Å². The molecule has 1 saturated heterocycles. The minimum Gasteiger partial charge on any atom is -0.341 e. The van der Waals surface area contributed by atoms with Gasteiger partial charge in [-0.2, -0.15) is 9.40 Å². The van der Waals surface area contributed by atoms with Gasteiger partial charge in [0.2, 0.25) is 15.9 Å². The third kappa shape index (κ3) is 5.04. The fourth-order valence-electron chi connectivity index (χ4n) is 4.87. The summed E-state index contributed by atoms with van der Waals surface area (Å²) in [7, 11) is -1.81. The molecule has 0 saturated carbocycles. The average molecular weight is 495 g/mol. The van der Waals surface area contributed by atoms with Crippen LogP contribution in [0.3, 0.4) is 0 Å². The van der Waals surface area contributed by atoms with Gasteiger partial charge in [0.05, 0.1) is 16.8 Å². The predicted octanol–water partition coefficient (Wildman–Crippen LogP) is 4.17. The van der Waals surface area contributed by atoms with Crippen LogP contribution in [0.15, 0.2) is 53.7 Å². The third-order valence-corrected chi connectivity index (χ3v) is 9.32. The number of rotatable bonds is 6. The number of piperidine rings is 1. The Morgan fingerprint density at radius 3 is 2.23 bits per heavy atom. The van der Waals surface area contributed by atoms with E-state index in [9.17, 15) is 13.2 Å². The molecule has 2 aromatic carbocycles. The second-order valence-electron chi connectivity index (χ2n) is 9.59. The summed E-state index contributed by atoms with van der Waals surface area (Å²) >= 11 is 0. The van der Waals surface area contributed by atoms with Crippen LogP contribution in [0.4, 0.5) is 0 Å². The Morgan fingerprint density at radius 1 is 1.03 bits per heavy atom. The van der Waals surface area contributed by atoms with E-state index in [0.29, 0.717) is 37.4 Å². The maximum atomic E-state index is 13.5. The summed E-state index contributed by atoms with van der Waals surface area (Å²) in [5.74, 6) is -0.134. The van der Waals surface area contributed by atoms with Crippen LogP contribution in [0.25, 0.3) is 5.69 Å². The van der Waals surface area contributed by atoms with Crippen LogP contribution < -0.4 is 0 Å². The molecule has 4 rings (SSSR count). The van der Waals surface area contributed by atoms with E-state index >= 15 is 0 Å². The van der Waals surface area contributed by atoms with Crippen molar-refractivity contribution in [1.29, 1.82) is 0 Å². The van der Waals surface area contributed by atoms with Crippen LogP contribution in [0.5, 0.6) is 0 Å². The molecule has 0 bridgehead atoms. The number of carbonyl (C=O) groups is 1. The largest absolute Gasteiger partial charge is 0.341 e. The molecule has 1 aliphatic heterocycles. The van der Waals surface area contributed by atoms with Crippen LogP contribution in [0.2, 0.25) is 0 Å². The van der Waals surface area contributed by atoms with E-state index < -0.39 is 10.0 Å². The summed E-state index contributed by atoms with van der Waals surface area (Å²) in [4.78, 5) is 15.3. The third-order valence-electron chi connectivity index (χ3n) is 7.15. The van der Waals surface area contributed by atoms with Crippen molar-refractivity contribution >= 4 is 15.9 Å². The van der Waals surface area contributed by atoms with Crippen molar-refractivity contribution in [3.05, 3.63) is 76.6 Å². The highest BCUT2D eigenvalue weighted by Gasteiger charge is 2.35. The number of aromatic nitrogens is 2. The molecular weight excluding hydrogens is 460 g/mol. The SMILES string of the molecule is Cc1cc(C)c(C)c(S(=O)(=O)N2CCC(C(=O)N(C)Cc3cnn(-c4ccccc4)c3)CC2)c1C. The number of sulfonamides is 1. The zero-order valence-electron chi connectivity index (χ0n) is 21.2. The van der Waals surface area contributed by atoms with Gasteiger partial charge in [0.15, 0.2) is 0 Å². The van der Waals surface area contributed by atoms with Crippen molar-refractivity contribution in [1.82, 2.24) is 19.0 Å². The van der Waals surface area contributed by atoms with Gasteiger partial charge in [0.1, 0.15) is 0 Å². The molecule has 2 heterocycles. The first-order valence-electron chi connectivity index (χ1n) is 12.0. The van der Waals surface area contributed by atoms with E-state index in [1.54, 1.807) is 27.1 Å². The van der Waals surface area contributed by atoms with Crippen molar-refractivity contribution < 1.29 is 13.2 Å². The van der Waals surface area contributed by atoms with Crippen molar-refractivity contribution in [3.63, 3.8) is 0 Å². The highest BCUT2D eigenvalue weighted by atomic mass is 32.2. The molecule has 3 aromatic rings. The van der Waals surface area contributed by atoms with Gasteiger partial charge in [0, 0.05) is 44.4 Å². The summed E-state index contributed by atoms with van der Waals surface area (Å²) in [6.07, 6.45) is 4.76. The van der Waals surface area contributed by atoms with Crippen molar-refractivity contribution in [2.45, 2.75) is 52.0 Å². The zero-order chi connectivity index (χ0) is 25.3. The fourth-order valence-corrected chi connectivity index (χ4v) is 6.91. The van der Waals surface area contributed by atoms with E-state index in [0.717, 1.165) is 33.5 Å². The first kappa shape index (κ1) is 25.1. The van der Waals surface area contributed by atoms with Crippen LogP contribution in [-0.2, 0) is 21.4 Å². The fraction of sp³-hybridized carbons (Fsp3) is 0.407. The summed E-state index contributed by atoms with van der Waals surface area (Å²) in [6.45, 7) is 8.82. The Hall–Kier alpha value is -2.97. The molecule has 8 heteroatoms. The van der Waals surface area contributed by atoms with Gasteiger partial charge in [-0.15, -0.1) is 0 Å². The summed E-state index contributed by atoms with van der Waals surface area (Å²) in [5.41, 5.74) is 5.49. The molecular formula is C27H34N4O3S. The molecule has 0 N–H and O–H groups in total. The number of amides is 1. The molecule has 35 heavy (non-hydrogen) atoms. The number of para-hydroxylation sites is 1. The quantitative estimate of drug-likeness (QED) is 0.516. The highest BCUT2D eigenvalue weighted by Crippen LogP contribution is 2.31. The molecule has 1 fully saturated rings. The summed E-state index contributed by atoms with van der Waals surface area (Å²) in [5, 5.41) is 4.41. The van der Waals surface area contributed by atoms with Crippen LogP contribution in [0, 0.1) is 33.6 Å². The van der Waals surface area contributed by atoms with Gasteiger partial charge >= 0.3 is 0 Å². The van der Waals surface area contributed by atoms with Gasteiger partial charge in [-0.3, -0.25) is 4.79 Å². The van der Waals surface area contributed by atoms with Crippen molar-refractivity contribution in [3.8, 4) is 5.69 Å². The first-order chi connectivity index (χ1) is 16.6.